The summed E-state index contributed by atoms with van der Waals surface area (Å²) < 4.78 is 7.66. The molecule has 106 valence electrons. The molecule has 0 saturated carbocycles. The van der Waals surface area contributed by atoms with Crippen molar-refractivity contribution < 1.29 is 4.74 Å². The van der Waals surface area contributed by atoms with E-state index in [2.05, 4.69) is 68.1 Å². The fraction of sp³-hybridized carbons (Fsp3) is 0.250. The van der Waals surface area contributed by atoms with Crippen LogP contribution in [0.3, 0.4) is 0 Å². The minimum absolute atomic E-state index is 0.388. The summed E-state index contributed by atoms with van der Waals surface area (Å²) >= 11 is 10.3. The van der Waals surface area contributed by atoms with Crippen LogP contribution >= 0.6 is 47.8 Å². The lowest BCUT2D eigenvalue weighted by Crippen LogP contribution is -2.05. The van der Waals surface area contributed by atoms with Gasteiger partial charge in [0.15, 0.2) is 5.82 Å². The van der Waals surface area contributed by atoms with E-state index in [0.29, 0.717) is 23.9 Å². The van der Waals surface area contributed by atoms with Gasteiger partial charge in [-0.2, -0.15) is 0 Å². The zero-order chi connectivity index (χ0) is 14.7. The van der Waals surface area contributed by atoms with Gasteiger partial charge < -0.3 is 10.1 Å². The smallest absolute Gasteiger partial charge is 0.181 e. The Morgan fingerprint density at radius 2 is 2.00 bits per heavy atom. The summed E-state index contributed by atoms with van der Waals surface area (Å²) in [7, 11) is 3.43. The van der Waals surface area contributed by atoms with Gasteiger partial charge in [-0.25, -0.2) is 9.97 Å². The normalized spacial score (nSPS) is 10.7. The SMILES string of the molecule is CNc1nc(-c2ncc(Br)cc2Br)nc(COC)c1Br. The van der Waals surface area contributed by atoms with Crippen LogP contribution in [0.2, 0.25) is 0 Å². The van der Waals surface area contributed by atoms with Gasteiger partial charge in [-0.05, 0) is 53.9 Å². The van der Waals surface area contributed by atoms with Crippen molar-refractivity contribution in [3.8, 4) is 11.5 Å². The summed E-state index contributed by atoms with van der Waals surface area (Å²) in [4.78, 5) is 13.3. The Kier molecular flexibility index (Phi) is 5.48. The lowest BCUT2D eigenvalue weighted by atomic mass is 10.3. The average molecular weight is 467 g/mol. The van der Waals surface area contributed by atoms with Crippen molar-refractivity contribution in [2.24, 2.45) is 0 Å². The summed E-state index contributed by atoms with van der Waals surface area (Å²) in [5.41, 5.74) is 1.44. The molecule has 0 atom stereocenters. The molecule has 0 saturated heterocycles. The highest BCUT2D eigenvalue weighted by Crippen LogP contribution is 2.30. The number of aromatic nitrogens is 3. The van der Waals surface area contributed by atoms with E-state index in [-0.39, 0.29) is 0 Å². The summed E-state index contributed by atoms with van der Waals surface area (Å²) in [6.07, 6.45) is 1.71. The Hall–Kier alpha value is -0.570. The lowest BCUT2D eigenvalue weighted by Gasteiger charge is -2.11. The molecular weight excluding hydrogens is 456 g/mol. The number of hydrogen-bond acceptors (Lipinski definition) is 5. The standard InChI is InChI=1S/C12H11Br3N4O/c1-16-11-9(15)8(5-20-2)18-12(19-11)10-7(14)3-6(13)4-17-10/h3-4H,5H2,1-2H3,(H,16,18,19). The molecule has 0 unspecified atom stereocenters. The number of hydrogen-bond donors (Lipinski definition) is 1. The first-order valence-electron chi connectivity index (χ1n) is 5.61. The topological polar surface area (TPSA) is 59.9 Å². The number of anilines is 1. The van der Waals surface area contributed by atoms with Gasteiger partial charge in [0.05, 0.1) is 16.8 Å². The van der Waals surface area contributed by atoms with Crippen molar-refractivity contribution in [2.45, 2.75) is 6.61 Å². The van der Waals surface area contributed by atoms with Crippen LogP contribution in [-0.2, 0) is 11.3 Å². The second-order valence-electron chi connectivity index (χ2n) is 3.82. The predicted octanol–water partition coefficient (Wildman–Crippen LogP) is 4.01. The molecule has 2 aromatic rings. The predicted molar refractivity (Wildman–Crippen MR) is 88.6 cm³/mol. The third kappa shape index (κ3) is 3.36. The molecule has 5 nitrogen and oxygen atoms in total. The van der Waals surface area contributed by atoms with E-state index < -0.39 is 0 Å². The highest BCUT2D eigenvalue weighted by atomic mass is 79.9. The van der Waals surface area contributed by atoms with E-state index in [1.807, 2.05) is 6.07 Å². The zero-order valence-corrected chi connectivity index (χ0v) is 15.5. The van der Waals surface area contributed by atoms with Gasteiger partial charge in [-0.15, -0.1) is 0 Å². The van der Waals surface area contributed by atoms with Gasteiger partial charge in [0.25, 0.3) is 0 Å². The van der Waals surface area contributed by atoms with E-state index in [0.717, 1.165) is 19.1 Å². The van der Waals surface area contributed by atoms with Crippen molar-refractivity contribution in [1.29, 1.82) is 0 Å². The third-order valence-corrected chi connectivity index (χ3v) is 4.33. The van der Waals surface area contributed by atoms with Crippen LogP contribution in [0.5, 0.6) is 0 Å². The molecule has 2 heterocycles. The fourth-order valence-corrected chi connectivity index (χ4v) is 3.23. The molecule has 0 aliphatic heterocycles. The molecule has 0 amide bonds. The zero-order valence-electron chi connectivity index (χ0n) is 10.7. The maximum atomic E-state index is 5.16. The van der Waals surface area contributed by atoms with E-state index in [1.54, 1.807) is 20.4 Å². The van der Waals surface area contributed by atoms with E-state index in [9.17, 15) is 0 Å². The van der Waals surface area contributed by atoms with Crippen LogP contribution in [0.25, 0.3) is 11.5 Å². The lowest BCUT2D eigenvalue weighted by molar-refractivity contribution is 0.181. The number of methoxy groups -OCH3 is 1. The molecule has 2 aromatic heterocycles. The number of rotatable bonds is 4. The van der Waals surface area contributed by atoms with Gasteiger partial charge in [-0.3, -0.25) is 4.98 Å². The van der Waals surface area contributed by atoms with Crippen molar-refractivity contribution in [3.63, 3.8) is 0 Å². The van der Waals surface area contributed by atoms with Crippen LogP contribution in [0.1, 0.15) is 5.69 Å². The molecular formula is C12H11Br3N4O. The molecule has 0 radical (unpaired) electrons. The number of ether oxygens (including phenoxy) is 1. The molecule has 0 bridgehead atoms. The van der Waals surface area contributed by atoms with Gasteiger partial charge in [0, 0.05) is 29.3 Å². The highest BCUT2D eigenvalue weighted by molar-refractivity contribution is 9.11. The average Bonchev–Trinajstić information content (AvgIpc) is 2.41. The van der Waals surface area contributed by atoms with Gasteiger partial charge >= 0.3 is 0 Å². The monoisotopic (exact) mass is 464 g/mol. The summed E-state index contributed by atoms with van der Waals surface area (Å²) in [5, 5.41) is 3.03. The van der Waals surface area contributed by atoms with Crippen LogP contribution in [0.4, 0.5) is 5.82 Å². The molecule has 0 aliphatic carbocycles. The number of nitrogens with one attached hydrogen (secondary N) is 1. The quantitative estimate of drug-likeness (QED) is 0.737. The molecule has 0 fully saturated rings. The molecule has 0 spiro atoms. The second-order valence-corrected chi connectivity index (χ2v) is 6.39. The summed E-state index contributed by atoms with van der Waals surface area (Å²) in [5.74, 6) is 1.22. The molecule has 20 heavy (non-hydrogen) atoms. The van der Waals surface area contributed by atoms with Gasteiger partial charge in [-0.1, -0.05) is 0 Å². The Balaban J connectivity index is 2.58. The number of nitrogens with zero attached hydrogens (tertiary/aromatic N) is 3. The first-order chi connectivity index (χ1) is 9.56. The molecule has 0 aliphatic rings. The van der Waals surface area contributed by atoms with Crippen LogP contribution < -0.4 is 5.32 Å². The molecule has 2 rings (SSSR count). The Morgan fingerprint density at radius 1 is 1.25 bits per heavy atom. The largest absolute Gasteiger partial charge is 0.378 e. The maximum absolute atomic E-state index is 5.16. The maximum Gasteiger partial charge on any atom is 0.181 e. The minimum atomic E-state index is 0.388. The van der Waals surface area contributed by atoms with Crippen molar-refractivity contribution in [2.75, 3.05) is 19.5 Å². The van der Waals surface area contributed by atoms with E-state index >= 15 is 0 Å². The molecule has 8 heteroatoms. The highest BCUT2D eigenvalue weighted by Gasteiger charge is 2.15. The van der Waals surface area contributed by atoms with Crippen molar-refractivity contribution in [3.05, 3.63) is 31.4 Å². The van der Waals surface area contributed by atoms with E-state index in [4.69, 9.17) is 4.74 Å². The summed E-state index contributed by atoms with van der Waals surface area (Å²) in [6, 6.07) is 1.91. The second kappa shape index (κ2) is 6.93. The third-order valence-electron chi connectivity index (χ3n) is 2.46. The van der Waals surface area contributed by atoms with Gasteiger partial charge in [0.1, 0.15) is 11.5 Å². The van der Waals surface area contributed by atoms with Crippen LogP contribution in [0.15, 0.2) is 25.7 Å². The first kappa shape index (κ1) is 15.8. The minimum Gasteiger partial charge on any atom is -0.378 e. The first-order valence-corrected chi connectivity index (χ1v) is 7.99. The molecule has 0 aromatic carbocycles. The van der Waals surface area contributed by atoms with Crippen molar-refractivity contribution >= 4 is 53.6 Å². The van der Waals surface area contributed by atoms with Crippen LogP contribution in [-0.4, -0.2) is 29.1 Å². The fourth-order valence-electron chi connectivity index (χ4n) is 1.58. The number of halogens is 3. The Labute approximate surface area is 142 Å². The molecule has 1 N–H and O–H groups in total. The van der Waals surface area contributed by atoms with E-state index in [1.165, 1.54) is 0 Å². The Bertz CT molecular complexity index is 636. The van der Waals surface area contributed by atoms with Crippen LogP contribution in [0, 0.1) is 0 Å². The van der Waals surface area contributed by atoms with Gasteiger partial charge in [0.2, 0.25) is 0 Å². The Morgan fingerprint density at radius 3 is 2.60 bits per heavy atom. The van der Waals surface area contributed by atoms with Crippen molar-refractivity contribution in [1.82, 2.24) is 15.0 Å². The number of pyridine rings is 1. The summed E-state index contributed by atoms with van der Waals surface area (Å²) in [6.45, 7) is 0.388.